The Hall–Kier alpha value is -2.05. The molecule has 138 valence electrons. The predicted octanol–water partition coefficient (Wildman–Crippen LogP) is 3.81. The number of halogens is 1. The van der Waals surface area contributed by atoms with Gasteiger partial charge in [0.1, 0.15) is 5.82 Å². The predicted molar refractivity (Wildman–Crippen MR) is 100 cm³/mol. The summed E-state index contributed by atoms with van der Waals surface area (Å²) in [4.78, 5) is 12.4. The zero-order chi connectivity index (χ0) is 18.0. The lowest BCUT2D eigenvalue weighted by atomic mass is 9.96. The molecule has 1 spiro atoms. The van der Waals surface area contributed by atoms with Gasteiger partial charge in [-0.1, -0.05) is 36.6 Å². The van der Waals surface area contributed by atoms with Crippen molar-refractivity contribution in [2.45, 2.75) is 50.3 Å². The quantitative estimate of drug-likeness (QED) is 0.855. The van der Waals surface area contributed by atoms with E-state index < -0.39 is 0 Å². The third kappa shape index (κ3) is 3.86. The lowest BCUT2D eigenvalue weighted by molar-refractivity contribution is 0.00998. The van der Waals surface area contributed by atoms with E-state index in [1.807, 2.05) is 24.3 Å². The first kappa shape index (κ1) is 17.4. The molecule has 2 heterocycles. The molecular weight excluding hydrogens is 352 g/mol. The Morgan fingerprint density at radius 3 is 2.81 bits per heavy atom. The number of amides is 2. The van der Waals surface area contributed by atoms with Crippen LogP contribution >= 0.6 is 11.6 Å². The van der Waals surface area contributed by atoms with Crippen LogP contribution in [0.2, 0.25) is 5.02 Å². The van der Waals surface area contributed by atoms with Gasteiger partial charge in [0, 0.05) is 11.1 Å². The molecule has 0 radical (unpaired) electrons. The second-order valence-corrected chi connectivity index (χ2v) is 7.64. The third-order valence-electron chi connectivity index (χ3n) is 5.26. The minimum absolute atomic E-state index is 0.00824. The van der Waals surface area contributed by atoms with Gasteiger partial charge in [-0.15, -0.1) is 0 Å². The van der Waals surface area contributed by atoms with Crippen molar-refractivity contribution in [2.24, 2.45) is 0 Å². The number of nitrogens with one attached hydrogen (secondary N) is 2. The van der Waals surface area contributed by atoms with E-state index >= 15 is 0 Å². The molecule has 1 aliphatic carbocycles. The number of carbonyl (C=O) groups is 1. The maximum absolute atomic E-state index is 12.4. The van der Waals surface area contributed by atoms with Gasteiger partial charge in [0.25, 0.3) is 0 Å². The van der Waals surface area contributed by atoms with E-state index in [0.29, 0.717) is 24.0 Å². The van der Waals surface area contributed by atoms with Crippen molar-refractivity contribution < 1.29 is 9.53 Å². The van der Waals surface area contributed by atoms with Crippen molar-refractivity contribution in [3.63, 3.8) is 0 Å². The average Bonchev–Trinajstić information content (AvgIpc) is 3.34. The topological polar surface area (TPSA) is 68.2 Å². The number of urea groups is 1. The van der Waals surface area contributed by atoms with Crippen LogP contribution < -0.4 is 10.6 Å². The Morgan fingerprint density at radius 2 is 2.04 bits per heavy atom. The van der Waals surface area contributed by atoms with E-state index in [1.165, 1.54) is 12.8 Å². The summed E-state index contributed by atoms with van der Waals surface area (Å²) in [7, 11) is 0. The molecule has 6 nitrogen and oxygen atoms in total. The molecule has 0 unspecified atom stereocenters. The number of hydrogen-bond donors (Lipinski definition) is 2. The lowest BCUT2D eigenvalue weighted by Crippen LogP contribution is -2.39. The normalized spacial score (nSPS) is 21.2. The molecule has 2 amide bonds. The molecule has 2 N–H and O–H groups in total. The van der Waals surface area contributed by atoms with Crippen LogP contribution in [0.4, 0.5) is 10.6 Å². The number of ether oxygens (including phenoxy) is 1. The highest BCUT2D eigenvalue weighted by Gasteiger charge is 2.42. The van der Waals surface area contributed by atoms with Gasteiger partial charge in [0.15, 0.2) is 0 Å². The van der Waals surface area contributed by atoms with Crippen molar-refractivity contribution in [2.75, 3.05) is 11.9 Å². The molecule has 2 aromatic rings. The van der Waals surface area contributed by atoms with Gasteiger partial charge < -0.3 is 10.1 Å². The number of rotatable bonds is 4. The fourth-order valence-electron chi connectivity index (χ4n) is 3.97. The molecule has 1 aromatic carbocycles. The van der Waals surface area contributed by atoms with Crippen LogP contribution in [0.15, 0.2) is 36.5 Å². The lowest BCUT2D eigenvalue weighted by Gasteiger charge is -2.21. The summed E-state index contributed by atoms with van der Waals surface area (Å²) in [6.45, 7) is 1.16. The van der Waals surface area contributed by atoms with Crippen molar-refractivity contribution in [3.8, 4) is 0 Å². The van der Waals surface area contributed by atoms with Crippen molar-refractivity contribution in [1.29, 1.82) is 0 Å². The molecule has 1 saturated heterocycles. The van der Waals surface area contributed by atoms with E-state index in [-0.39, 0.29) is 17.7 Å². The van der Waals surface area contributed by atoms with E-state index in [0.717, 1.165) is 24.8 Å². The highest BCUT2D eigenvalue weighted by molar-refractivity contribution is 6.30. The van der Waals surface area contributed by atoms with Crippen LogP contribution in [0, 0.1) is 0 Å². The Morgan fingerprint density at radius 1 is 1.27 bits per heavy atom. The fourth-order valence-corrected chi connectivity index (χ4v) is 4.10. The van der Waals surface area contributed by atoms with Crippen molar-refractivity contribution in [3.05, 3.63) is 47.1 Å². The first-order chi connectivity index (χ1) is 12.6. The second kappa shape index (κ2) is 7.29. The SMILES string of the molecule is O=C(Nc1ccnn1Cc1ccc(Cl)cc1)N[C@H]1COC2(CCCC2)C1. The molecule has 1 aromatic heterocycles. The first-order valence-electron chi connectivity index (χ1n) is 9.10. The van der Waals surface area contributed by atoms with Gasteiger partial charge in [-0.05, 0) is 37.0 Å². The van der Waals surface area contributed by atoms with Gasteiger partial charge in [0.05, 0.1) is 31.0 Å². The summed E-state index contributed by atoms with van der Waals surface area (Å²) in [6, 6.07) is 9.24. The van der Waals surface area contributed by atoms with Gasteiger partial charge in [0.2, 0.25) is 0 Å². The van der Waals surface area contributed by atoms with Crippen LogP contribution in [0.3, 0.4) is 0 Å². The van der Waals surface area contributed by atoms with E-state index in [1.54, 1.807) is 16.9 Å². The molecule has 0 bridgehead atoms. The molecule has 2 fully saturated rings. The molecule has 7 heteroatoms. The Labute approximate surface area is 157 Å². The minimum Gasteiger partial charge on any atom is -0.373 e. The monoisotopic (exact) mass is 374 g/mol. The first-order valence-corrected chi connectivity index (χ1v) is 9.47. The Bertz CT molecular complexity index is 768. The van der Waals surface area contributed by atoms with E-state index in [2.05, 4.69) is 15.7 Å². The van der Waals surface area contributed by atoms with Crippen molar-refractivity contribution >= 4 is 23.4 Å². The summed E-state index contributed by atoms with van der Waals surface area (Å²) in [5, 5.41) is 10.9. The van der Waals surface area contributed by atoms with Crippen LogP contribution in [-0.4, -0.2) is 34.1 Å². The van der Waals surface area contributed by atoms with Gasteiger partial charge in [-0.25, -0.2) is 9.48 Å². The second-order valence-electron chi connectivity index (χ2n) is 7.20. The number of anilines is 1. The molecule has 1 saturated carbocycles. The van der Waals surface area contributed by atoms with Gasteiger partial charge in [-0.2, -0.15) is 5.10 Å². The Balaban J connectivity index is 1.33. The Kier molecular flexibility index (Phi) is 4.87. The molecule has 4 rings (SSSR count). The fraction of sp³-hybridized carbons (Fsp3) is 0.474. The largest absolute Gasteiger partial charge is 0.373 e. The summed E-state index contributed by atoms with van der Waals surface area (Å²) in [6.07, 6.45) is 7.26. The number of aromatic nitrogens is 2. The summed E-state index contributed by atoms with van der Waals surface area (Å²) in [5.41, 5.74) is 1.07. The van der Waals surface area contributed by atoms with Gasteiger partial charge >= 0.3 is 6.03 Å². The zero-order valence-corrected chi connectivity index (χ0v) is 15.3. The van der Waals surface area contributed by atoms with Gasteiger partial charge in [-0.3, -0.25) is 5.32 Å². The van der Waals surface area contributed by atoms with Crippen LogP contribution in [-0.2, 0) is 11.3 Å². The van der Waals surface area contributed by atoms with Crippen LogP contribution in [0.5, 0.6) is 0 Å². The molecule has 1 aliphatic heterocycles. The van der Waals surface area contributed by atoms with E-state index in [9.17, 15) is 4.79 Å². The highest BCUT2D eigenvalue weighted by Crippen LogP contribution is 2.40. The molecular formula is C19H23ClN4O2. The van der Waals surface area contributed by atoms with Crippen LogP contribution in [0.25, 0.3) is 0 Å². The standard InChI is InChI=1S/C19H23ClN4O2/c20-15-5-3-14(4-6-15)12-24-17(7-10-21-24)23-18(25)22-16-11-19(26-13-16)8-1-2-9-19/h3-7,10,16H,1-2,8-9,11-13H2,(H2,22,23,25)/t16-/m1/s1. The number of carbonyl (C=O) groups excluding carboxylic acids is 1. The molecule has 1 atom stereocenters. The summed E-state index contributed by atoms with van der Waals surface area (Å²) < 4.78 is 7.75. The summed E-state index contributed by atoms with van der Waals surface area (Å²) >= 11 is 5.92. The minimum atomic E-state index is -0.216. The number of benzene rings is 1. The smallest absolute Gasteiger partial charge is 0.320 e. The highest BCUT2D eigenvalue weighted by atomic mass is 35.5. The maximum Gasteiger partial charge on any atom is 0.320 e. The van der Waals surface area contributed by atoms with Crippen molar-refractivity contribution in [1.82, 2.24) is 15.1 Å². The maximum atomic E-state index is 12.4. The zero-order valence-electron chi connectivity index (χ0n) is 14.6. The number of hydrogen-bond acceptors (Lipinski definition) is 3. The summed E-state index contributed by atoms with van der Waals surface area (Å²) in [5.74, 6) is 0.659. The van der Waals surface area contributed by atoms with E-state index in [4.69, 9.17) is 16.3 Å². The number of nitrogens with zero attached hydrogens (tertiary/aromatic N) is 2. The molecule has 2 aliphatic rings. The van der Waals surface area contributed by atoms with Crippen LogP contribution in [0.1, 0.15) is 37.7 Å². The molecule has 26 heavy (non-hydrogen) atoms. The average molecular weight is 375 g/mol. The third-order valence-corrected chi connectivity index (χ3v) is 5.51.